The van der Waals surface area contributed by atoms with Gasteiger partial charge in [0, 0.05) is 17.2 Å². The Bertz CT molecular complexity index is 956. The summed E-state index contributed by atoms with van der Waals surface area (Å²) >= 11 is 5.45. The van der Waals surface area contributed by atoms with Crippen LogP contribution in [0.25, 0.3) is 11.1 Å². The van der Waals surface area contributed by atoms with Crippen molar-refractivity contribution in [1.29, 1.82) is 0 Å². The van der Waals surface area contributed by atoms with Gasteiger partial charge in [0.2, 0.25) is 0 Å². The van der Waals surface area contributed by atoms with Crippen molar-refractivity contribution in [3.05, 3.63) is 83.4 Å². The third kappa shape index (κ3) is 4.00. The van der Waals surface area contributed by atoms with Gasteiger partial charge in [-0.3, -0.25) is 4.79 Å². The molecule has 0 bridgehead atoms. The lowest BCUT2D eigenvalue weighted by Crippen LogP contribution is -1.97. The Balaban J connectivity index is 1.73. The molecule has 6 heteroatoms. The van der Waals surface area contributed by atoms with Gasteiger partial charge >= 0.3 is 0 Å². The first-order valence-electron chi connectivity index (χ1n) is 7.64. The summed E-state index contributed by atoms with van der Waals surface area (Å²) in [6.07, 6.45) is 0. The van der Waals surface area contributed by atoms with Gasteiger partial charge in [0.1, 0.15) is 18.1 Å². The maximum atomic E-state index is 13.4. The zero-order valence-electron chi connectivity index (χ0n) is 13.4. The number of halogens is 3. The average Bonchev–Trinajstić information content (AvgIpc) is 2.64. The van der Waals surface area contributed by atoms with Crippen molar-refractivity contribution < 1.29 is 23.4 Å². The summed E-state index contributed by atoms with van der Waals surface area (Å²) in [6, 6.07) is 15.0. The standard InChI is InChI=1S/C20H13ClF2O3/c21-20(25)14-3-1-2-12(8-14)11-26-15-6-4-13(5-7-15)16-9-17(22)18(23)10-19(16)24/h1-10,24H,11H2. The van der Waals surface area contributed by atoms with Crippen molar-refractivity contribution in [2.45, 2.75) is 6.61 Å². The summed E-state index contributed by atoms with van der Waals surface area (Å²) in [6.45, 7) is 0.230. The van der Waals surface area contributed by atoms with Crippen molar-refractivity contribution >= 4 is 16.8 Å². The summed E-state index contributed by atoms with van der Waals surface area (Å²) in [5, 5.41) is 9.25. The van der Waals surface area contributed by atoms with Crippen molar-refractivity contribution in [3.63, 3.8) is 0 Å². The predicted octanol–water partition coefficient (Wildman–Crippen LogP) is 5.30. The fraction of sp³-hybridized carbons (Fsp3) is 0.0500. The molecule has 0 amide bonds. The Morgan fingerprint density at radius 1 is 1.00 bits per heavy atom. The number of carbonyl (C=O) groups excluding carboxylic acids is 1. The number of hydrogen-bond donors (Lipinski definition) is 1. The Labute approximate surface area is 153 Å². The van der Waals surface area contributed by atoms with E-state index in [1.807, 2.05) is 0 Å². The first-order valence-corrected chi connectivity index (χ1v) is 8.02. The fourth-order valence-corrected chi connectivity index (χ4v) is 2.57. The lowest BCUT2D eigenvalue weighted by atomic mass is 10.0. The molecule has 0 heterocycles. The Morgan fingerprint density at radius 3 is 2.38 bits per heavy atom. The smallest absolute Gasteiger partial charge is 0.252 e. The maximum Gasteiger partial charge on any atom is 0.252 e. The number of carbonyl (C=O) groups is 1. The van der Waals surface area contributed by atoms with E-state index in [1.165, 1.54) is 0 Å². The average molecular weight is 375 g/mol. The summed E-state index contributed by atoms with van der Waals surface area (Å²) < 4.78 is 32.1. The first-order chi connectivity index (χ1) is 12.4. The van der Waals surface area contributed by atoms with Gasteiger partial charge in [0.15, 0.2) is 11.6 Å². The molecule has 3 aromatic carbocycles. The summed E-state index contributed by atoms with van der Waals surface area (Å²) in [5.41, 5.74) is 1.86. The highest BCUT2D eigenvalue weighted by Gasteiger charge is 2.11. The van der Waals surface area contributed by atoms with Crippen LogP contribution in [0.15, 0.2) is 60.7 Å². The highest BCUT2D eigenvalue weighted by atomic mass is 35.5. The van der Waals surface area contributed by atoms with Crippen LogP contribution < -0.4 is 4.74 Å². The fourth-order valence-electron chi connectivity index (χ4n) is 2.45. The third-order valence-electron chi connectivity index (χ3n) is 3.76. The van der Waals surface area contributed by atoms with Gasteiger partial charge in [-0.1, -0.05) is 30.3 Å². The second-order valence-corrected chi connectivity index (χ2v) is 5.91. The van der Waals surface area contributed by atoms with Crippen LogP contribution in [0.3, 0.4) is 0 Å². The van der Waals surface area contributed by atoms with Crippen LogP contribution in [0.1, 0.15) is 15.9 Å². The quantitative estimate of drug-likeness (QED) is 0.617. The molecular formula is C20H13ClF2O3. The van der Waals surface area contributed by atoms with Crippen LogP contribution in [0, 0.1) is 11.6 Å². The Hall–Kier alpha value is -2.92. The molecule has 0 aromatic heterocycles. The van der Waals surface area contributed by atoms with E-state index in [-0.39, 0.29) is 17.9 Å². The zero-order chi connectivity index (χ0) is 18.7. The zero-order valence-corrected chi connectivity index (χ0v) is 14.1. The second-order valence-electron chi connectivity index (χ2n) is 5.57. The monoisotopic (exact) mass is 374 g/mol. The molecule has 0 spiro atoms. The number of phenols is 1. The van der Waals surface area contributed by atoms with Crippen molar-refractivity contribution in [2.75, 3.05) is 0 Å². The molecule has 0 saturated heterocycles. The molecule has 0 fully saturated rings. The van der Waals surface area contributed by atoms with Gasteiger partial charge in [-0.25, -0.2) is 8.78 Å². The van der Waals surface area contributed by atoms with E-state index in [0.717, 1.165) is 17.7 Å². The minimum absolute atomic E-state index is 0.184. The maximum absolute atomic E-state index is 13.4. The van der Waals surface area contributed by atoms with Gasteiger partial charge in [-0.15, -0.1) is 0 Å². The van der Waals surface area contributed by atoms with Crippen molar-refractivity contribution in [1.82, 2.24) is 0 Å². The summed E-state index contributed by atoms with van der Waals surface area (Å²) in [5.74, 6) is -1.95. The molecule has 0 atom stereocenters. The van der Waals surface area contributed by atoms with E-state index in [4.69, 9.17) is 16.3 Å². The second kappa shape index (κ2) is 7.54. The highest BCUT2D eigenvalue weighted by Crippen LogP contribution is 2.32. The molecule has 0 saturated carbocycles. The largest absolute Gasteiger partial charge is 0.507 e. The van der Waals surface area contributed by atoms with Crippen molar-refractivity contribution in [3.8, 4) is 22.6 Å². The Kier molecular flexibility index (Phi) is 5.19. The topological polar surface area (TPSA) is 46.5 Å². The lowest BCUT2D eigenvalue weighted by molar-refractivity contribution is 0.108. The van der Waals surface area contributed by atoms with E-state index < -0.39 is 16.9 Å². The van der Waals surface area contributed by atoms with Crippen LogP contribution in [0.2, 0.25) is 0 Å². The van der Waals surface area contributed by atoms with E-state index in [1.54, 1.807) is 48.5 Å². The minimum atomic E-state index is -1.11. The van der Waals surface area contributed by atoms with E-state index in [2.05, 4.69) is 0 Å². The van der Waals surface area contributed by atoms with Gasteiger partial charge in [-0.2, -0.15) is 0 Å². The summed E-state index contributed by atoms with van der Waals surface area (Å²) in [4.78, 5) is 11.2. The van der Waals surface area contributed by atoms with E-state index in [9.17, 15) is 18.7 Å². The lowest BCUT2D eigenvalue weighted by Gasteiger charge is -2.09. The first kappa shape index (κ1) is 17.9. The molecule has 0 aliphatic rings. The minimum Gasteiger partial charge on any atom is -0.507 e. The van der Waals surface area contributed by atoms with E-state index in [0.29, 0.717) is 16.9 Å². The van der Waals surface area contributed by atoms with Crippen LogP contribution in [0.4, 0.5) is 8.78 Å². The highest BCUT2D eigenvalue weighted by molar-refractivity contribution is 6.67. The van der Waals surface area contributed by atoms with Crippen LogP contribution in [-0.2, 0) is 6.61 Å². The van der Waals surface area contributed by atoms with Gasteiger partial charge in [0.05, 0.1) is 0 Å². The van der Waals surface area contributed by atoms with Gasteiger partial charge in [0.25, 0.3) is 5.24 Å². The SMILES string of the molecule is O=C(Cl)c1cccc(COc2ccc(-c3cc(F)c(F)cc3O)cc2)c1. The number of rotatable bonds is 5. The van der Waals surface area contributed by atoms with Crippen LogP contribution in [0.5, 0.6) is 11.5 Å². The molecule has 0 unspecified atom stereocenters. The molecule has 0 aliphatic heterocycles. The molecule has 0 aliphatic carbocycles. The molecule has 132 valence electrons. The number of phenolic OH excluding ortho intramolecular Hbond substituents is 1. The number of benzene rings is 3. The Morgan fingerprint density at radius 2 is 1.69 bits per heavy atom. The van der Waals surface area contributed by atoms with Crippen LogP contribution in [-0.4, -0.2) is 10.3 Å². The number of hydrogen-bond acceptors (Lipinski definition) is 3. The van der Waals surface area contributed by atoms with Gasteiger partial charge < -0.3 is 9.84 Å². The third-order valence-corrected chi connectivity index (χ3v) is 3.98. The molecular weight excluding hydrogens is 362 g/mol. The normalized spacial score (nSPS) is 10.6. The predicted molar refractivity (Wildman–Crippen MR) is 94.4 cm³/mol. The van der Waals surface area contributed by atoms with Crippen LogP contribution >= 0.6 is 11.6 Å². The molecule has 26 heavy (non-hydrogen) atoms. The molecule has 1 N–H and O–H groups in total. The molecule has 3 rings (SSSR count). The molecule has 3 aromatic rings. The summed E-state index contributed by atoms with van der Waals surface area (Å²) in [7, 11) is 0. The number of aromatic hydroxyl groups is 1. The molecule has 3 nitrogen and oxygen atoms in total. The van der Waals surface area contributed by atoms with E-state index >= 15 is 0 Å². The number of ether oxygens (including phenoxy) is 1. The molecule has 0 radical (unpaired) electrons. The van der Waals surface area contributed by atoms with Gasteiger partial charge in [-0.05, 0) is 47.0 Å². The van der Waals surface area contributed by atoms with Crippen molar-refractivity contribution in [2.24, 2.45) is 0 Å².